The summed E-state index contributed by atoms with van der Waals surface area (Å²) in [4.78, 5) is 19.9. The molecule has 0 aliphatic carbocycles. The minimum atomic E-state index is -4.40. The van der Waals surface area contributed by atoms with Crippen LogP contribution in [0.3, 0.4) is 0 Å². The smallest absolute Gasteiger partial charge is 0.352 e. The highest BCUT2D eigenvalue weighted by molar-refractivity contribution is 5.81. The number of aromatic nitrogens is 2. The molecule has 2 unspecified atom stereocenters. The molecule has 4 rings (SSSR count). The third-order valence-electron chi connectivity index (χ3n) is 6.40. The van der Waals surface area contributed by atoms with Crippen molar-refractivity contribution in [1.29, 1.82) is 0 Å². The maximum absolute atomic E-state index is 13.0. The number of carbonyl (C=O) groups is 1. The number of hydrogen-bond acceptors (Lipinski definition) is 3. The average molecular weight is 459 g/mol. The molecule has 1 aromatic heterocycles. The van der Waals surface area contributed by atoms with Gasteiger partial charge in [0.1, 0.15) is 0 Å². The van der Waals surface area contributed by atoms with Gasteiger partial charge in [-0.05, 0) is 56.0 Å². The first-order valence-electron chi connectivity index (χ1n) is 11.4. The summed E-state index contributed by atoms with van der Waals surface area (Å²) in [7, 11) is 0. The van der Waals surface area contributed by atoms with Crippen molar-refractivity contribution in [2.45, 2.75) is 51.9 Å². The van der Waals surface area contributed by atoms with E-state index in [4.69, 9.17) is 4.98 Å². The van der Waals surface area contributed by atoms with Gasteiger partial charge in [0.05, 0.1) is 22.5 Å². The van der Waals surface area contributed by atoms with Gasteiger partial charge in [0.25, 0.3) is 0 Å². The van der Waals surface area contributed by atoms with Crippen molar-refractivity contribution in [2.24, 2.45) is 5.92 Å². The number of piperidine rings is 1. The summed E-state index contributed by atoms with van der Waals surface area (Å²) in [5, 5.41) is 2.83. The lowest BCUT2D eigenvalue weighted by molar-refractivity contribution is -0.137. The highest BCUT2D eigenvalue weighted by Gasteiger charge is 2.31. The van der Waals surface area contributed by atoms with Gasteiger partial charge in [-0.3, -0.25) is 4.79 Å². The molecule has 1 aliphatic rings. The van der Waals surface area contributed by atoms with Crippen molar-refractivity contribution in [1.82, 2.24) is 14.9 Å². The number of nitrogens with one attached hydrogen (secondary N) is 1. The number of anilines is 1. The molecule has 0 saturated carbocycles. The molecule has 2 atom stereocenters. The van der Waals surface area contributed by atoms with E-state index in [1.54, 1.807) is 6.07 Å². The fourth-order valence-corrected chi connectivity index (χ4v) is 4.44. The molecule has 1 fully saturated rings. The van der Waals surface area contributed by atoms with Gasteiger partial charge < -0.3 is 14.8 Å². The van der Waals surface area contributed by atoms with E-state index >= 15 is 0 Å². The topological polar surface area (TPSA) is 50.2 Å². The molecule has 2 aromatic carbocycles. The van der Waals surface area contributed by atoms with Crippen LogP contribution in [0.25, 0.3) is 11.0 Å². The second-order valence-corrected chi connectivity index (χ2v) is 8.73. The van der Waals surface area contributed by atoms with E-state index in [1.807, 2.05) is 18.2 Å². The van der Waals surface area contributed by atoms with Crippen molar-refractivity contribution in [2.75, 3.05) is 18.0 Å². The first-order valence-corrected chi connectivity index (χ1v) is 11.4. The monoisotopic (exact) mass is 458 g/mol. The highest BCUT2D eigenvalue weighted by Crippen LogP contribution is 2.32. The van der Waals surface area contributed by atoms with E-state index in [1.165, 1.54) is 6.07 Å². The number of fused-ring (bicyclic) bond motifs is 1. The second kappa shape index (κ2) is 9.45. The molecule has 1 N–H and O–H groups in total. The Labute approximate surface area is 191 Å². The summed E-state index contributed by atoms with van der Waals surface area (Å²) in [6.07, 6.45) is -1.84. The molecule has 0 bridgehead atoms. The molecule has 1 aliphatic heterocycles. The second-order valence-electron chi connectivity index (χ2n) is 8.73. The van der Waals surface area contributed by atoms with Crippen LogP contribution in [0.2, 0.25) is 0 Å². The minimum Gasteiger partial charge on any atom is -0.352 e. The highest BCUT2D eigenvalue weighted by atomic mass is 19.4. The van der Waals surface area contributed by atoms with Gasteiger partial charge in [-0.2, -0.15) is 13.2 Å². The first kappa shape index (κ1) is 23.1. The van der Waals surface area contributed by atoms with Crippen LogP contribution in [-0.4, -0.2) is 28.5 Å². The number of nitrogens with zero attached hydrogens (tertiary/aromatic N) is 3. The number of benzene rings is 2. The summed E-state index contributed by atoms with van der Waals surface area (Å²) >= 11 is 0. The zero-order chi connectivity index (χ0) is 23.6. The van der Waals surface area contributed by atoms with E-state index in [0.717, 1.165) is 54.9 Å². The lowest BCUT2D eigenvalue weighted by Gasteiger charge is -2.34. The fourth-order valence-electron chi connectivity index (χ4n) is 4.44. The van der Waals surface area contributed by atoms with E-state index in [-0.39, 0.29) is 24.4 Å². The number of alkyl halides is 3. The van der Waals surface area contributed by atoms with Crippen LogP contribution in [-0.2, 0) is 17.5 Å². The number of amides is 1. The lowest BCUT2D eigenvalue weighted by Crippen LogP contribution is -2.44. The Morgan fingerprint density at radius 2 is 2.00 bits per heavy atom. The van der Waals surface area contributed by atoms with Crippen molar-refractivity contribution in [3.05, 3.63) is 59.7 Å². The van der Waals surface area contributed by atoms with E-state index in [2.05, 4.69) is 34.7 Å². The van der Waals surface area contributed by atoms with Gasteiger partial charge in [-0.15, -0.1) is 0 Å². The molecule has 1 saturated heterocycles. The largest absolute Gasteiger partial charge is 0.416 e. The standard InChI is InChI=1S/C25H29F3N4O/c1-3-17(2)32-22-12-5-4-11-21(22)30-24(32)31-13-7-9-19(16-31)23(33)29-15-18-8-6-10-20(14-18)25(26,27)28/h4-6,8,10-12,14,17,19H,3,7,9,13,15-16H2,1-2H3,(H,29,33). The van der Waals surface area contributed by atoms with Crippen molar-refractivity contribution in [3.8, 4) is 0 Å². The Bertz CT molecular complexity index is 1120. The molecule has 176 valence electrons. The molecular weight excluding hydrogens is 429 g/mol. The normalized spacial score (nSPS) is 17.8. The van der Waals surface area contributed by atoms with Crippen LogP contribution >= 0.6 is 0 Å². The quantitative estimate of drug-likeness (QED) is 0.526. The van der Waals surface area contributed by atoms with Gasteiger partial charge in [0.15, 0.2) is 0 Å². The summed E-state index contributed by atoms with van der Waals surface area (Å²) in [5.41, 5.74) is 1.74. The maximum atomic E-state index is 13.0. The summed E-state index contributed by atoms with van der Waals surface area (Å²) in [5.74, 6) is 0.499. The van der Waals surface area contributed by atoms with E-state index in [9.17, 15) is 18.0 Å². The van der Waals surface area contributed by atoms with Crippen molar-refractivity contribution < 1.29 is 18.0 Å². The number of carbonyl (C=O) groups excluding carboxylic acids is 1. The van der Waals surface area contributed by atoms with Crippen LogP contribution < -0.4 is 10.2 Å². The summed E-state index contributed by atoms with van der Waals surface area (Å²) < 4.78 is 41.1. The third kappa shape index (κ3) is 4.99. The number of rotatable bonds is 6. The predicted molar refractivity (Wildman–Crippen MR) is 123 cm³/mol. The van der Waals surface area contributed by atoms with Crippen LogP contribution in [0.4, 0.5) is 19.1 Å². The minimum absolute atomic E-state index is 0.0740. The molecule has 3 aromatic rings. The number of para-hydroxylation sites is 2. The first-order chi connectivity index (χ1) is 15.8. The zero-order valence-corrected chi connectivity index (χ0v) is 18.9. The van der Waals surface area contributed by atoms with Gasteiger partial charge in [0, 0.05) is 25.7 Å². The molecule has 33 heavy (non-hydrogen) atoms. The lowest BCUT2D eigenvalue weighted by atomic mass is 9.97. The van der Waals surface area contributed by atoms with Crippen LogP contribution in [0.5, 0.6) is 0 Å². The van der Waals surface area contributed by atoms with Gasteiger partial charge >= 0.3 is 6.18 Å². The molecule has 1 amide bonds. The molecule has 2 heterocycles. The third-order valence-corrected chi connectivity index (χ3v) is 6.40. The van der Waals surface area contributed by atoms with Crippen LogP contribution in [0, 0.1) is 5.92 Å². The van der Waals surface area contributed by atoms with Crippen LogP contribution in [0.15, 0.2) is 48.5 Å². The Morgan fingerprint density at radius 3 is 2.76 bits per heavy atom. The fraction of sp³-hybridized carbons (Fsp3) is 0.440. The van der Waals surface area contributed by atoms with Gasteiger partial charge in [0.2, 0.25) is 11.9 Å². The Kier molecular flexibility index (Phi) is 6.63. The molecule has 8 heteroatoms. The zero-order valence-electron chi connectivity index (χ0n) is 18.9. The summed E-state index contributed by atoms with van der Waals surface area (Å²) in [6, 6.07) is 13.4. The maximum Gasteiger partial charge on any atom is 0.416 e. The van der Waals surface area contributed by atoms with Crippen molar-refractivity contribution >= 4 is 22.9 Å². The van der Waals surface area contributed by atoms with Gasteiger partial charge in [-0.1, -0.05) is 31.2 Å². The molecule has 0 radical (unpaired) electrons. The predicted octanol–water partition coefficient (Wildman–Crippen LogP) is 5.56. The van der Waals surface area contributed by atoms with E-state index in [0.29, 0.717) is 12.1 Å². The average Bonchev–Trinajstić information content (AvgIpc) is 3.21. The number of halogens is 3. The number of hydrogen-bond donors (Lipinski definition) is 1. The van der Waals surface area contributed by atoms with E-state index < -0.39 is 11.7 Å². The van der Waals surface area contributed by atoms with Crippen LogP contribution in [0.1, 0.15) is 50.3 Å². The Balaban J connectivity index is 1.48. The molecule has 5 nitrogen and oxygen atoms in total. The Morgan fingerprint density at radius 1 is 1.21 bits per heavy atom. The van der Waals surface area contributed by atoms with Crippen molar-refractivity contribution in [3.63, 3.8) is 0 Å². The molecule has 0 spiro atoms. The Hall–Kier alpha value is -3.03. The summed E-state index contributed by atoms with van der Waals surface area (Å²) in [6.45, 7) is 5.74. The SMILES string of the molecule is CCC(C)n1c(N2CCCC(C(=O)NCc3cccc(C(F)(F)F)c3)C2)nc2ccccc21. The molecular formula is C25H29F3N4O. The number of imidazole rings is 1. The van der Waals surface area contributed by atoms with Gasteiger partial charge in [-0.25, -0.2) is 4.98 Å².